The Bertz CT molecular complexity index is 1910. The van der Waals surface area contributed by atoms with Crippen molar-refractivity contribution in [2.24, 2.45) is 0 Å². The van der Waals surface area contributed by atoms with Crippen LogP contribution < -0.4 is 20.2 Å². The van der Waals surface area contributed by atoms with E-state index in [1.807, 2.05) is 44.2 Å². The van der Waals surface area contributed by atoms with Crippen LogP contribution in [0.15, 0.2) is 90.5 Å². The molecule has 2 fully saturated rings. The third-order valence-corrected chi connectivity index (χ3v) is 9.70. The molecule has 0 radical (unpaired) electrons. The third-order valence-electron chi connectivity index (χ3n) is 9.15. The van der Waals surface area contributed by atoms with Gasteiger partial charge in [0.1, 0.15) is 44.0 Å². The summed E-state index contributed by atoms with van der Waals surface area (Å²) in [7, 11) is 0. The molecule has 3 atom stereocenters. The predicted molar refractivity (Wildman–Crippen MR) is 188 cm³/mol. The molecule has 0 bridgehead atoms. The number of hydrogen-bond donors (Lipinski definition) is 0. The van der Waals surface area contributed by atoms with Crippen molar-refractivity contribution in [3.8, 4) is 11.4 Å². The minimum Gasteiger partial charge on any atom is -0.491 e. The summed E-state index contributed by atoms with van der Waals surface area (Å²) in [5, 5.41) is 9.50. The van der Waals surface area contributed by atoms with Crippen LogP contribution in [0.4, 0.5) is 11.4 Å². The monoisotopic (exact) mass is 704 g/mol. The number of hydrogen-bond acceptors (Lipinski definition) is 9. The lowest BCUT2D eigenvalue weighted by Crippen LogP contribution is -2.46. The summed E-state index contributed by atoms with van der Waals surface area (Å²) in [6, 6.07) is 21.6. The van der Waals surface area contributed by atoms with Crippen LogP contribution in [0.1, 0.15) is 31.9 Å². The summed E-state index contributed by atoms with van der Waals surface area (Å²) in [6.45, 7) is 8.48. The molecule has 0 aliphatic carbocycles. The van der Waals surface area contributed by atoms with Crippen LogP contribution in [0.3, 0.4) is 0 Å². The normalized spacial score (nSPS) is 20.1. The van der Waals surface area contributed by atoms with Crippen LogP contribution in [0, 0.1) is 0 Å². The standard InChI is InChI=1S/C35H38Cl2N8O4/c1-3-25(2)45-34(46)44(24-40-45)29-7-5-27(6-8-29)41-14-16-42(17-15-41)28-9-11-30(12-10-28)47-19-31-20-48-35(49-31,21-43-23-38-22-39-43)32-13-4-26(36)18-33(32)37/h4-13,18,22-25,31H,3,14-17,19-21H2,1-2H3/t25-,31?,35+/m0/s1. The zero-order valence-corrected chi connectivity index (χ0v) is 28.9. The zero-order chi connectivity index (χ0) is 34.0. The summed E-state index contributed by atoms with van der Waals surface area (Å²) < 4.78 is 23.7. The summed E-state index contributed by atoms with van der Waals surface area (Å²) in [6.07, 6.45) is 5.19. The van der Waals surface area contributed by atoms with Crippen molar-refractivity contribution in [2.75, 3.05) is 49.2 Å². The van der Waals surface area contributed by atoms with Gasteiger partial charge in [-0.05, 0) is 74.0 Å². The average molecular weight is 706 g/mol. The maximum atomic E-state index is 12.8. The van der Waals surface area contributed by atoms with E-state index in [9.17, 15) is 4.79 Å². The number of nitrogens with zero attached hydrogens (tertiary/aromatic N) is 8. The largest absolute Gasteiger partial charge is 0.491 e. The molecule has 0 spiro atoms. The van der Waals surface area contributed by atoms with Gasteiger partial charge in [-0.15, -0.1) is 0 Å². The highest BCUT2D eigenvalue weighted by Gasteiger charge is 2.45. The first-order valence-corrected chi connectivity index (χ1v) is 17.2. The predicted octanol–water partition coefficient (Wildman–Crippen LogP) is 5.58. The molecule has 0 saturated carbocycles. The van der Waals surface area contributed by atoms with Gasteiger partial charge in [0.2, 0.25) is 5.79 Å². The Morgan fingerprint density at radius 2 is 1.59 bits per heavy atom. The van der Waals surface area contributed by atoms with E-state index in [1.165, 1.54) is 11.0 Å². The van der Waals surface area contributed by atoms with Crippen LogP contribution in [0.5, 0.6) is 5.75 Å². The minimum absolute atomic E-state index is 0.0645. The van der Waals surface area contributed by atoms with Gasteiger partial charge in [0.25, 0.3) is 0 Å². The second-order valence-corrected chi connectivity index (χ2v) is 13.1. The first-order chi connectivity index (χ1) is 23.8. The Morgan fingerprint density at radius 3 is 2.22 bits per heavy atom. The number of piperazine rings is 1. The Labute approximate surface area is 294 Å². The number of aromatic nitrogens is 6. The van der Waals surface area contributed by atoms with E-state index in [1.54, 1.807) is 34.0 Å². The van der Waals surface area contributed by atoms with E-state index in [-0.39, 0.29) is 24.4 Å². The summed E-state index contributed by atoms with van der Waals surface area (Å²) >= 11 is 12.7. The molecule has 4 heterocycles. The lowest BCUT2D eigenvalue weighted by molar-refractivity contribution is -0.190. The smallest absolute Gasteiger partial charge is 0.350 e. The van der Waals surface area contributed by atoms with Crippen molar-refractivity contribution >= 4 is 34.6 Å². The quantitative estimate of drug-likeness (QED) is 0.174. The van der Waals surface area contributed by atoms with Gasteiger partial charge in [-0.2, -0.15) is 10.2 Å². The molecular formula is C35H38Cl2N8O4. The average Bonchev–Trinajstić information content (AvgIpc) is 3.88. The Balaban J connectivity index is 0.925. The third kappa shape index (κ3) is 7.04. The molecule has 3 aromatic carbocycles. The summed E-state index contributed by atoms with van der Waals surface area (Å²) in [5.41, 5.74) is 3.64. The molecule has 0 N–H and O–H groups in total. The number of anilines is 2. The van der Waals surface area contributed by atoms with Gasteiger partial charge in [-0.25, -0.2) is 23.7 Å². The second-order valence-electron chi connectivity index (χ2n) is 12.3. The van der Waals surface area contributed by atoms with Crippen LogP contribution in [-0.4, -0.2) is 74.6 Å². The fourth-order valence-corrected chi connectivity index (χ4v) is 6.79. The lowest BCUT2D eigenvalue weighted by atomic mass is 10.1. The van der Waals surface area contributed by atoms with Crippen LogP contribution in [0.25, 0.3) is 5.69 Å². The van der Waals surface area contributed by atoms with Gasteiger partial charge in [0.15, 0.2) is 0 Å². The van der Waals surface area contributed by atoms with E-state index in [0.29, 0.717) is 28.8 Å². The zero-order valence-electron chi connectivity index (χ0n) is 27.4. The molecule has 2 saturated heterocycles. The molecule has 2 aliphatic heterocycles. The molecule has 12 nitrogen and oxygen atoms in total. The lowest BCUT2D eigenvalue weighted by Gasteiger charge is -2.37. The SMILES string of the molecule is CC[C@H](C)n1ncn(-c2ccc(N3CCN(c4ccc(OCC5CO[C@@](Cn6cncn6)(c6ccc(Cl)cc6Cl)O5)cc4)CC3)cc2)c1=O. The van der Waals surface area contributed by atoms with Crippen LogP contribution in [0.2, 0.25) is 10.0 Å². The van der Waals surface area contributed by atoms with Gasteiger partial charge >= 0.3 is 5.69 Å². The highest BCUT2D eigenvalue weighted by atomic mass is 35.5. The molecule has 0 amide bonds. The van der Waals surface area contributed by atoms with E-state index < -0.39 is 5.79 Å². The van der Waals surface area contributed by atoms with E-state index >= 15 is 0 Å². The van der Waals surface area contributed by atoms with Crippen LogP contribution in [-0.2, 0) is 21.8 Å². The van der Waals surface area contributed by atoms with Gasteiger partial charge in [0.05, 0.1) is 23.4 Å². The minimum atomic E-state index is -1.16. The van der Waals surface area contributed by atoms with Crippen molar-refractivity contribution in [1.82, 2.24) is 29.1 Å². The number of halogens is 2. The molecule has 256 valence electrons. The second kappa shape index (κ2) is 14.2. The highest BCUT2D eigenvalue weighted by molar-refractivity contribution is 6.35. The molecule has 7 rings (SSSR count). The van der Waals surface area contributed by atoms with E-state index in [0.717, 1.165) is 55.4 Å². The van der Waals surface area contributed by atoms with Gasteiger partial charge in [0, 0.05) is 48.1 Å². The molecule has 1 unspecified atom stereocenters. The van der Waals surface area contributed by atoms with Crippen molar-refractivity contribution in [3.05, 3.63) is 112 Å². The fourth-order valence-electron chi connectivity index (χ4n) is 6.24. The Kier molecular flexibility index (Phi) is 9.64. The van der Waals surface area contributed by atoms with Crippen molar-refractivity contribution in [2.45, 2.75) is 44.7 Å². The fraction of sp³-hybridized carbons (Fsp3) is 0.371. The molecule has 49 heavy (non-hydrogen) atoms. The maximum Gasteiger partial charge on any atom is 0.350 e. The number of ether oxygens (including phenoxy) is 3. The van der Waals surface area contributed by atoms with Gasteiger partial charge in [-0.1, -0.05) is 36.2 Å². The van der Waals surface area contributed by atoms with Crippen molar-refractivity contribution in [3.63, 3.8) is 0 Å². The Hall–Kier alpha value is -4.36. The van der Waals surface area contributed by atoms with Gasteiger partial charge in [-0.3, -0.25) is 0 Å². The molecule has 2 aliphatic rings. The van der Waals surface area contributed by atoms with E-state index in [2.05, 4.69) is 49.2 Å². The maximum absolute atomic E-state index is 12.8. The van der Waals surface area contributed by atoms with Crippen molar-refractivity contribution < 1.29 is 14.2 Å². The molecule has 5 aromatic rings. The van der Waals surface area contributed by atoms with Gasteiger partial charge < -0.3 is 24.0 Å². The summed E-state index contributed by atoms with van der Waals surface area (Å²) in [5.74, 6) is -0.410. The highest BCUT2D eigenvalue weighted by Crippen LogP contribution is 2.40. The first-order valence-electron chi connectivity index (χ1n) is 16.4. The molecular weight excluding hydrogens is 667 g/mol. The Morgan fingerprint density at radius 1 is 0.918 bits per heavy atom. The first kappa shape index (κ1) is 33.2. The molecule has 2 aromatic heterocycles. The summed E-state index contributed by atoms with van der Waals surface area (Å²) in [4.78, 5) is 21.6. The number of rotatable bonds is 11. The molecule has 14 heteroatoms. The number of benzene rings is 3. The topological polar surface area (TPSA) is 105 Å². The van der Waals surface area contributed by atoms with E-state index in [4.69, 9.17) is 37.4 Å². The van der Waals surface area contributed by atoms with Crippen molar-refractivity contribution in [1.29, 1.82) is 0 Å². The van der Waals surface area contributed by atoms with Crippen LogP contribution >= 0.6 is 23.2 Å².